The number of para-hydroxylation sites is 1. The predicted molar refractivity (Wildman–Crippen MR) is 86.8 cm³/mol. The van der Waals surface area contributed by atoms with E-state index in [4.69, 9.17) is 9.47 Å². The van der Waals surface area contributed by atoms with Gasteiger partial charge in [0.2, 0.25) is 0 Å². The van der Waals surface area contributed by atoms with Crippen LogP contribution in [0.15, 0.2) is 24.3 Å². The Morgan fingerprint density at radius 1 is 1.22 bits per heavy atom. The quantitative estimate of drug-likeness (QED) is 0.646. The average molecular weight is 323 g/mol. The molecule has 0 unspecified atom stereocenters. The fraction of sp³-hybridized carbons (Fsp3) is 0.529. The molecule has 2 N–H and O–H groups in total. The third-order valence-corrected chi connectivity index (χ3v) is 3.13. The topological polar surface area (TPSA) is 84.9 Å². The second kappa shape index (κ2) is 9.84. The lowest BCUT2D eigenvalue weighted by atomic mass is 10.0. The molecule has 0 aliphatic rings. The third-order valence-electron chi connectivity index (χ3n) is 3.13. The SMILES string of the molecule is CCOCCOc1ccccc1C(=O)N[C@H](CC(C)C)C(=O)O. The Balaban J connectivity index is 2.76. The summed E-state index contributed by atoms with van der Waals surface area (Å²) in [6, 6.07) is 5.84. The summed E-state index contributed by atoms with van der Waals surface area (Å²) in [6.45, 7) is 7.06. The first-order chi connectivity index (χ1) is 11.0. The summed E-state index contributed by atoms with van der Waals surface area (Å²) in [7, 11) is 0. The van der Waals surface area contributed by atoms with E-state index < -0.39 is 17.9 Å². The molecule has 0 bridgehead atoms. The van der Waals surface area contributed by atoms with Crippen molar-refractivity contribution in [1.82, 2.24) is 5.32 Å². The number of rotatable bonds is 10. The van der Waals surface area contributed by atoms with Crippen LogP contribution in [0.4, 0.5) is 0 Å². The lowest BCUT2D eigenvalue weighted by molar-refractivity contribution is -0.139. The van der Waals surface area contributed by atoms with Crippen LogP contribution >= 0.6 is 0 Å². The molecule has 6 nitrogen and oxygen atoms in total. The number of ether oxygens (including phenoxy) is 2. The number of carbonyl (C=O) groups excluding carboxylic acids is 1. The van der Waals surface area contributed by atoms with E-state index in [0.29, 0.717) is 37.6 Å². The van der Waals surface area contributed by atoms with E-state index in [2.05, 4.69) is 5.32 Å². The first-order valence-corrected chi connectivity index (χ1v) is 7.79. The van der Waals surface area contributed by atoms with Crippen LogP contribution in [-0.2, 0) is 9.53 Å². The van der Waals surface area contributed by atoms with Gasteiger partial charge in [-0.2, -0.15) is 0 Å². The summed E-state index contributed by atoms with van der Waals surface area (Å²) in [5, 5.41) is 11.8. The number of benzene rings is 1. The molecule has 0 fully saturated rings. The van der Waals surface area contributed by atoms with E-state index in [-0.39, 0.29) is 5.92 Å². The van der Waals surface area contributed by atoms with Crippen LogP contribution in [0.5, 0.6) is 5.75 Å². The number of carboxylic acids is 1. The second-order valence-electron chi connectivity index (χ2n) is 5.54. The number of nitrogens with one attached hydrogen (secondary N) is 1. The van der Waals surface area contributed by atoms with Gasteiger partial charge in [0.05, 0.1) is 12.2 Å². The van der Waals surface area contributed by atoms with E-state index in [1.165, 1.54) is 0 Å². The summed E-state index contributed by atoms with van der Waals surface area (Å²) in [4.78, 5) is 23.6. The molecular formula is C17H25NO5. The Morgan fingerprint density at radius 2 is 1.91 bits per heavy atom. The van der Waals surface area contributed by atoms with Gasteiger partial charge in [-0.3, -0.25) is 4.79 Å². The van der Waals surface area contributed by atoms with Gasteiger partial charge in [-0.15, -0.1) is 0 Å². The summed E-state index contributed by atoms with van der Waals surface area (Å²) >= 11 is 0. The highest BCUT2D eigenvalue weighted by molar-refractivity contribution is 5.98. The van der Waals surface area contributed by atoms with Crippen LogP contribution in [0, 0.1) is 5.92 Å². The van der Waals surface area contributed by atoms with Crippen molar-refractivity contribution in [2.75, 3.05) is 19.8 Å². The zero-order chi connectivity index (χ0) is 17.2. The van der Waals surface area contributed by atoms with E-state index in [9.17, 15) is 14.7 Å². The molecule has 0 saturated heterocycles. The van der Waals surface area contributed by atoms with E-state index in [0.717, 1.165) is 0 Å². The number of hydrogen-bond donors (Lipinski definition) is 2. The van der Waals surface area contributed by atoms with Crippen LogP contribution in [-0.4, -0.2) is 42.8 Å². The molecule has 0 aliphatic carbocycles. The predicted octanol–water partition coefficient (Wildman–Crippen LogP) is 2.33. The van der Waals surface area contributed by atoms with Gasteiger partial charge in [0.1, 0.15) is 18.4 Å². The minimum atomic E-state index is -1.04. The van der Waals surface area contributed by atoms with E-state index in [1.807, 2.05) is 20.8 Å². The molecule has 1 amide bonds. The van der Waals surface area contributed by atoms with Crippen LogP contribution in [0.1, 0.15) is 37.6 Å². The summed E-state index contributed by atoms with van der Waals surface area (Å²) in [5.74, 6) is -0.917. The van der Waals surface area contributed by atoms with Gasteiger partial charge in [0.15, 0.2) is 0 Å². The molecule has 0 aromatic heterocycles. The van der Waals surface area contributed by atoms with Crippen molar-refractivity contribution < 1.29 is 24.2 Å². The molecule has 0 aliphatic heterocycles. The standard InChI is InChI=1S/C17H25NO5/c1-4-22-9-10-23-15-8-6-5-7-13(15)16(19)18-14(17(20)21)11-12(2)3/h5-8,12,14H,4,9-11H2,1-3H3,(H,18,19)(H,20,21)/t14-/m1/s1. The number of carboxylic acid groups (broad SMARTS) is 1. The van der Waals surface area contributed by atoms with Crippen LogP contribution in [0.25, 0.3) is 0 Å². The fourth-order valence-corrected chi connectivity index (χ4v) is 2.06. The first-order valence-electron chi connectivity index (χ1n) is 7.79. The highest BCUT2D eigenvalue weighted by Gasteiger charge is 2.23. The molecule has 1 aromatic carbocycles. The van der Waals surface area contributed by atoms with Crippen molar-refractivity contribution in [3.8, 4) is 5.75 Å². The van der Waals surface area contributed by atoms with Crippen LogP contribution < -0.4 is 10.1 Å². The zero-order valence-corrected chi connectivity index (χ0v) is 13.9. The number of aliphatic carboxylic acids is 1. The van der Waals surface area contributed by atoms with Crippen molar-refractivity contribution in [2.24, 2.45) is 5.92 Å². The molecule has 0 spiro atoms. The van der Waals surface area contributed by atoms with Crippen molar-refractivity contribution >= 4 is 11.9 Å². The molecule has 0 heterocycles. The lowest BCUT2D eigenvalue weighted by Gasteiger charge is -2.17. The zero-order valence-electron chi connectivity index (χ0n) is 13.9. The highest BCUT2D eigenvalue weighted by Crippen LogP contribution is 2.18. The first kappa shape index (κ1) is 19.0. The monoisotopic (exact) mass is 323 g/mol. The van der Waals surface area contributed by atoms with Crippen molar-refractivity contribution in [1.29, 1.82) is 0 Å². The Morgan fingerprint density at radius 3 is 2.52 bits per heavy atom. The Kier molecular flexibility index (Phi) is 8.11. The summed E-state index contributed by atoms with van der Waals surface area (Å²) < 4.78 is 10.7. The number of amides is 1. The molecule has 23 heavy (non-hydrogen) atoms. The van der Waals surface area contributed by atoms with Gasteiger partial charge in [-0.25, -0.2) is 4.79 Å². The molecule has 1 aromatic rings. The Bertz CT molecular complexity index is 515. The summed E-state index contributed by atoms with van der Waals surface area (Å²) in [6.07, 6.45) is 0.369. The molecule has 1 atom stereocenters. The number of carbonyl (C=O) groups is 2. The largest absolute Gasteiger partial charge is 0.490 e. The van der Waals surface area contributed by atoms with Gasteiger partial charge in [0.25, 0.3) is 5.91 Å². The summed E-state index contributed by atoms with van der Waals surface area (Å²) in [5.41, 5.74) is 0.319. The molecule has 128 valence electrons. The van der Waals surface area contributed by atoms with Crippen molar-refractivity contribution in [3.05, 3.63) is 29.8 Å². The molecule has 6 heteroatoms. The fourth-order valence-electron chi connectivity index (χ4n) is 2.06. The van der Waals surface area contributed by atoms with E-state index in [1.54, 1.807) is 24.3 Å². The maximum Gasteiger partial charge on any atom is 0.326 e. The lowest BCUT2D eigenvalue weighted by Crippen LogP contribution is -2.41. The van der Waals surface area contributed by atoms with Crippen molar-refractivity contribution in [3.63, 3.8) is 0 Å². The number of hydrogen-bond acceptors (Lipinski definition) is 4. The maximum atomic E-state index is 12.4. The molecular weight excluding hydrogens is 298 g/mol. The maximum absolute atomic E-state index is 12.4. The minimum absolute atomic E-state index is 0.161. The van der Waals surface area contributed by atoms with Crippen LogP contribution in [0.2, 0.25) is 0 Å². The molecule has 0 saturated carbocycles. The molecule has 1 rings (SSSR count). The Labute approximate surface area is 136 Å². The van der Waals surface area contributed by atoms with E-state index >= 15 is 0 Å². The molecule has 0 radical (unpaired) electrons. The van der Waals surface area contributed by atoms with Gasteiger partial charge < -0.3 is 19.9 Å². The van der Waals surface area contributed by atoms with Crippen molar-refractivity contribution in [2.45, 2.75) is 33.2 Å². The van der Waals surface area contributed by atoms with Crippen LogP contribution in [0.3, 0.4) is 0 Å². The highest BCUT2D eigenvalue weighted by atomic mass is 16.5. The average Bonchev–Trinajstić information content (AvgIpc) is 2.50. The second-order valence-corrected chi connectivity index (χ2v) is 5.54. The van der Waals surface area contributed by atoms with Gasteiger partial charge in [0, 0.05) is 6.61 Å². The van der Waals surface area contributed by atoms with Gasteiger partial charge in [-0.1, -0.05) is 26.0 Å². The normalized spacial score (nSPS) is 12.0. The Hall–Kier alpha value is -2.08. The minimum Gasteiger partial charge on any atom is -0.490 e. The smallest absolute Gasteiger partial charge is 0.326 e. The third kappa shape index (κ3) is 6.69. The van der Waals surface area contributed by atoms with Gasteiger partial charge >= 0.3 is 5.97 Å². The van der Waals surface area contributed by atoms with Gasteiger partial charge in [-0.05, 0) is 31.4 Å².